The van der Waals surface area contributed by atoms with Crippen LogP contribution in [0.15, 0.2) is 23.6 Å². The van der Waals surface area contributed by atoms with Gasteiger partial charge in [0.05, 0.1) is 13.2 Å². The molecule has 0 radical (unpaired) electrons. The van der Waals surface area contributed by atoms with Crippen molar-refractivity contribution in [1.29, 1.82) is 0 Å². The Morgan fingerprint density at radius 2 is 2.35 bits per heavy atom. The lowest BCUT2D eigenvalue weighted by Crippen LogP contribution is -2.48. The zero-order chi connectivity index (χ0) is 12.1. The van der Waals surface area contributed by atoms with E-state index in [2.05, 4.69) is 20.0 Å². The summed E-state index contributed by atoms with van der Waals surface area (Å²) in [6, 6.07) is 1.78. The maximum atomic E-state index is 8.60. The fourth-order valence-electron chi connectivity index (χ4n) is 1.70. The summed E-state index contributed by atoms with van der Waals surface area (Å²) in [5.74, 6) is 0.858. The topological polar surface area (TPSA) is 96.9 Å². The second-order valence-electron chi connectivity index (χ2n) is 3.78. The fourth-order valence-corrected chi connectivity index (χ4v) is 1.70. The maximum absolute atomic E-state index is 8.60. The standard InChI is InChI=1S/C10H15N5O2/c11-10(14-16)8-6-15(4-5-17-8)7-9-12-2-1-3-13-9/h1-3,8,16H,4-7H2,(H2,11,14). The summed E-state index contributed by atoms with van der Waals surface area (Å²) in [7, 11) is 0. The van der Waals surface area contributed by atoms with Crippen molar-refractivity contribution in [2.24, 2.45) is 10.9 Å². The smallest absolute Gasteiger partial charge is 0.169 e. The zero-order valence-electron chi connectivity index (χ0n) is 9.36. The summed E-state index contributed by atoms with van der Waals surface area (Å²) in [5, 5.41) is 11.6. The molecule has 0 aliphatic carbocycles. The van der Waals surface area contributed by atoms with E-state index < -0.39 is 0 Å². The van der Waals surface area contributed by atoms with E-state index in [0.29, 0.717) is 19.7 Å². The van der Waals surface area contributed by atoms with E-state index in [9.17, 15) is 0 Å². The predicted molar refractivity (Wildman–Crippen MR) is 60.5 cm³/mol. The van der Waals surface area contributed by atoms with Crippen LogP contribution in [0.4, 0.5) is 0 Å². The van der Waals surface area contributed by atoms with Crippen LogP contribution < -0.4 is 5.73 Å². The van der Waals surface area contributed by atoms with Crippen LogP contribution in [-0.2, 0) is 11.3 Å². The maximum Gasteiger partial charge on any atom is 0.169 e. The second kappa shape index (κ2) is 5.55. The molecule has 0 aromatic carbocycles. The van der Waals surface area contributed by atoms with Gasteiger partial charge in [-0.1, -0.05) is 5.16 Å². The van der Waals surface area contributed by atoms with Gasteiger partial charge in [0.15, 0.2) is 5.84 Å². The van der Waals surface area contributed by atoms with Crippen molar-refractivity contribution in [2.75, 3.05) is 19.7 Å². The van der Waals surface area contributed by atoms with Crippen LogP contribution >= 0.6 is 0 Å². The first-order chi connectivity index (χ1) is 8.29. The minimum atomic E-state index is -0.363. The molecule has 1 aromatic heterocycles. The van der Waals surface area contributed by atoms with Crippen LogP contribution in [0.2, 0.25) is 0 Å². The number of hydrogen-bond acceptors (Lipinski definition) is 6. The molecule has 1 aliphatic rings. The van der Waals surface area contributed by atoms with E-state index in [4.69, 9.17) is 15.7 Å². The largest absolute Gasteiger partial charge is 0.409 e. The molecule has 3 N–H and O–H groups in total. The summed E-state index contributed by atoms with van der Waals surface area (Å²) >= 11 is 0. The number of nitrogens with zero attached hydrogens (tertiary/aromatic N) is 4. The molecule has 7 heteroatoms. The summed E-state index contributed by atoms with van der Waals surface area (Å²) < 4.78 is 5.40. The van der Waals surface area contributed by atoms with Crippen LogP contribution in [0.1, 0.15) is 5.82 Å². The third-order valence-electron chi connectivity index (χ3n) is 2.58. The van der Waals surface area contributed by atoms with Crippen molar-refractivity contribution in [3.8, 4) is 0 Å². The molecule has 1 fully saturated rings. The molecule has 2 rings (SSSR count). The van der Waals surface area contributed by atoms with Gasteiger partial charge < -0.3 is 15.7 Å². The summed E-state index contributed by atoms with van der Waals surface area (Å²) in [6.07, 6.45) is 3.06. The van der Waals surface area contributed by atoms with E-state index in [1.54, 1.807) is 18.5 Å². The lowest BCUT2D eigenvalue weighted by Gasteiger charge is -2.31. The summed E-state index contributed by atoms with van der Waals surface area (Å²) in [5.41, 5.74) is 5.52. The molecule has 1 atom stereocenters. The van der Waals surface area contributed by atoms with E-state index in [1.807, 2.05) is 0 Å². The number of hydrogen-bond donors (Lipinski definition) is 2. The molecule has 17 heavy (non-hydrogen) atoms. The number of aromatic nitrogens is 2. The highest BCUT2D eigenvalue weighted by Crippen LogP contribution is 2.07. The van der Waals surface area contributed by atoms with E-state index in [1.165, 1.54) is 0 Å². The molecule has 1 aliphatic heterocycles. The van der Waals surface area contributed by atoms with Crippen molar-refractivity contribution in [3.63, 3.8) is 0 Å². The molecule has 1 saturated heterocycles. The highest BCUT2D eigenvalue weighted by molar-refractivity contribution is 5.84. The van der Waals surface area contributed by atoms with Crippen LogP contribution in [-0.4, -0.2) is 51.7 Å². The van der Waals surface area contributed by atoms with Gasteiger partial charge in [-0.3, -0.25) is 4.90 Å². The Bertz CT molecular complexity index is 384. The lowest BCUT2D eigenvalue weighted by atomic mass is 10.2. The highest BCUT2D eigenvalue weighted by atomic mass is 16.5. The van der Waals surface area contributed by atoms with Crippen LogP contribution in [0.5, 0.6) is 0 Å². The molecule has 0 saturated carbocycles. The Morgan fingerprint density at radius 3 is 3.06 bits per heavy atom. The number of amidine groups is 1. The lowest BCUT2D eigenvalue weighted by molar-refractivity contribution is 0.000493. The monoisotopic (exact) mass is 237 g/mol. The average Bonchev–Trinajstić information content (AvgIpc) is 2.39. The Morgan fingerprint density at radius 1 is 1.59 bits per heavy atom. The molecule has 1 aromatic rings. The molecule has 1 unspecified atom stereocenters. The first kappa shape index (κ1) is 11.7. The van der Waals surface area contributed by atoms with Gasteiger partial charge in [-0.15, -0.1) is 0 Å². The molecule has 7 nitrogen and oxygen atoms in total. The van der Waals surface area contributed by atoms with E-state index in [-0.39, 0.29) is 11.9 Å². The first-order valence-electron chi connectivity index (χ1n) is 5.37. The zero-order valence-corrected chi connectivity index (χ0v) is 9.36. The Balaban J connectivity index is 1.94. The number of ether oxygens (including phenoxy) is 1. The van der Waals surface area contributed by atoms with E-state index >= 15 is 0 Å². The van der Waals surface area contributed by atoms with Crippen molar-refractivity contribution in [2.45, 2.75) is 12.6 Å². The molecular formula is C10H15N5O2. The molecule has 0 bridgehead atoms. The van der Waals surface area contributed by atoms with Gasteiger partial charge in [0, 0.05) is 25.5 Å². The third kappa shape index (κ3) is 3.11. The predicted octanol–water partition coefficient (Wildman–Crippen LogP) is -0.576. The molecule has 0 spiro atoms. The Labute approximate surface area is 98.9 Å². The molecular weight excluding hydrogens is 222 g/mol. The van der Waals surface area contributed by atoms with Gasteiger partial charge in [0.25, 0.3) is 0 Å². The minimum absolute atomic E-state index is 0.101. The van der Waals surface area contributed by atoms with Crippen molar-refractivity contribution >= 4 is 5.84 Å². The van der Waals surface area contributed by atoms with Crippen molar-refractivity contribution in [1.82, 2.24) is 14.9 Å². The SMILES string of the molecule is NC(=NO)C1CN(Cc2ncccn2)CCO1. The Kier molecular flexibility index (Phi) is 3.84. The van der Waals surface area contributed by atoms with Crippen LogP contribution in [0.3, 0.4) is 0 Å². The van der Waals surface area contributed by atoms with Gasteiger partial charge in [-0.25, -0.2) is 9.97 Å². The van der Waals surface area contributed by atoms with Gasteiger partial charge >= 0.3 is 0 Å². The normalized spacial score (nSPS) is 22.6. The molecule has 2 heterocycles. The summed E-state index contributed by atoms with van der Waals surface area (Å²) in [6.45, 7) is 2.55. The number of oxime groups is 1. The van der Waals surface area contributed by atoms with E-state index in [0.717, 1.165) is 12.4 Å². The highest BCUT2D eigenvalue weighted by Gasteiger charge is 2.24. The number of rotatable bonds is 3. The molecule has 0 amide bonds. The minimum Gasteiger partial charge on any atom is -0.409 e. The quantitative estimate of drug-likeness (QED) is 0.316. The average molecular weight is 237 g/mol. The van der Waals surface area contributed by atoms with Gasteiger partial charge in [0.2, 0.25) is 0 Å². The van der Waals surface area contributed by atoms with Gasteiger partial charge in [-0.2, -0.15) is 0 Å². The second-order valence-corrected chi connectivity index (χ2v) is 3.78. The van der Waals surface area contributed by atoms with Crippen molar-refractivity contribution in [3.05, 3.63) is 24.3 Å². The summed E-state index contributed by atoms with van der Waals surface area (Å²) in [4.78, 5) is 10.4. The third-order valence-corrected chi connectivity index (χ3v) is 2.58. The van der Waals surface area contributed by atoms with Crippen LogP contribution in [0.25, 0.3) is 0 Å². The fraction of sp³-hybridized carbons (Fsp3) is 0.500. The van der Waals surface area contributed by atoms with Gasteiger partial charge in [0.1, 0.15) is 11.9 Å². The Hall–Kier alpha value is -1.73. The number of morpholine rings is 1. The number of nitrogens with two attached hydrogens (primary N) is 1. The molecule has 92 valence electrons. The van der Waals surface area contributed by atoms with Gasteiger partial charge in [-0.05, 0) is 6.07 Å². The van der Waals surface area contributed by atoms with Crippen LogP contribution in [0, 0.1) is 0 Å². The first-order valence-corrected chi connectivity index (χ1v) is 5.37. The van der Waals surface area contributed by atoms with Crippen molar-refractivity contribution < 1.29 is 9.94 Å².